The SMILES string of the molecule is CC(C)(C)OC(=O)N1CCC(n2cc(-c3ccc(C(=O)O)cc3)cn2)CC1. The fraction of sp³-hybridized carbons (Fsp3) is 0.450. The van der Waals surface area contributed by atoms with Gasteiger partial charge in [0.15, 0.2) is 0 Å². The van der Waals surface area contributed by atoms with Gasteiger partial charge in [-0.3, -0.25) is 4.68 Å². The molecule has 1 aliphatic rings. The lowest BCUT2D eigenvalue weighted by atomic mass is 10.1. The number of hydrogen-bond acceptors (Lipinski definition) is 4. The lowest BCUT2D eigenvalue weighted by Gasteiger charge is -2.33. The summed E-state index contributed by atoms with van der Waals surface area (Å²) < 4.78 is 7.37. The fourth-order valence-corrected chi connectivity index (χ4v) is 3.13. The van der Waals surface area contributed by atoms with E-state index in [-0.39, 0.29) is 17.7 Å². The van der Waals surface area contributed by atoms with Crippen LogP contribution in [0.5, 0.6) is 0 Å². The van der Waals surface area contributed by atoms with E-state index < -0.39 is 11.6 Å². The Morgan fingerprint density at radius 2 is 1.74 bits per heavy atom. The van der Waals surface area contributed by atoms with Crippen molar-refractivity contribution >= 4 is 12.1 Å². The molecule has 0 radical (unpaired) electrons. The van der Waals surface area contributed by atoms with Crippen molar-refractivity contribution in [2.75, 3.05) is 13.1 Å². The summed E-state index contributed by atoms with van der Waals surface area (Å²) in [5, 5.41) is 13.5. The number of benzene rings is 1. The number of carboxylic acid groups (broad SMARTS) is 1. The van der Waals surface area contributed by atoms with Crippen molar-refractivity contribution in [2.24, 2.45) is 0 Å². The third kappa shape index (κ3) is 4.67. The van der Waals surface area contributed by atoms with E-state index in [1.54, 1.807) is 35.4 Å². The molecule has 0 aliphatic carbocycles. The molecule has 2 heterocycles. The minimum atomic E-state index is -0.936. The van der Waals surface area contributed by atoms with E-state index in [4.69, 9.17) is 9.84 Å². The Kier molecular flexibility index (Phi) is 5.21. The van der Waals surface area contributed by atoms with Crippen LogP contribution in [0.4, 0.5) is 4.79 Å². The molecule has 1 aromatic carbocycles. The Balaban J connectivity index is 1.61. The number of carboxylic acids is 1. The molecule has 1 fully saturated rings. The topological polar surface area (TPSA) is 84.7 Å². The van der Waals surface area contributed by atoms with E-state index in [1.807, 2.05) is 31.6 Å². The van der Waals surface area contributed by atoms with Crippen LogP contribution in [0.1, 0.15) is 50.0 Å². The summed E-state index contributed by atoms with van der Waals surface area (Å²) in [5.74, 6) is -0.936. The van der Waals surface area contributed by atoms with Crippen molar-refractivity contribution < 1.29 is 19.4 Å². The number of amides is 1. The van der Waals surface area contributed by atoms with Gasteiger partial charge in [-0.25, -0.2) is 9.59 Å². The third-order valence-corrected chi connectivity index (χ3v) is 4.56. The number of nitrogens with zero attached hydrogens (tertiary/aromatic N) is 3. The Morgan fingerprint density at radius 3 is 2.30 bits per heavy atom. The number of aromatic carboxylic acids is 1. The van der Waals surface area contributed by atoms with Crippen LogP contribution in [0, 0.1) is 0 Å². The smallest absolute Gasteiger partial charge is 0.410 e. The van der Waals surface area contributed by atoms with E-state index in [9.17, 15) is 9.59 Å². The second kappa shape index (κ2) is 7.42. The van der Waals surface area contributed by atoms with Gasteiger partial charge in [0, 0.05) is 24.8 Å². The predicted molar refractivity (Wildman–Crippen MR) is 101 cm³/mol. The standard InChI is InChI=1S/C20H25N3O4/c1-20(2,3)27-19(26)22-10-8-17(9-11-22)23-13-16(12-21-23)14-4-6-15(7-5-14)18(24)25/h4-7,12-13,17H,8-11H2,1-3H3,(H,24,25). The van der Waals surface area contributed by atoms with Gasteiger partial charge in [0.1, 0.15) is 5.60 Å². The van der Waals surface area contributed by atoms with Crippen LogP contribution in [0.25, 0.3) is 11.1 Å². The van der Waals surface area contributed by atoms with Crippen molar-refractivity contribution in [1.82, 2.24) is 14.7 Å². The van der Waals surface area contributed by atoms with E-state index in [0.717, 1.165) is 24.0 Å². The van der Waals surface area contributed by atoms with Crippen LogP contribution in [0.2, 0.25) is 0 Å². The van der Waals surface area contributed by atoms with Gasteiger partial charge < -0.3 is 14.7 Å². The highest BCUT2D eigenvalue weighted by molar-refractivity contribution is 5.88. The van der Waals surface area contributed by atoms with Gasteiger partial charge >= 0.3 is 12.1 Å². The highest BCUT2D eigenvalue weighted by atomic mass is 16.6. The summed E-state index contributed by atoms with van der Waals surface area (Å²) in [4.78, 5) is 24.9. The van der Waals surface area contributed by atoms with Gasteiger partial charge in [-0.2, -0.15) is 5.10 Å². The molecule has 2 aromatic rings. The summed E-state index contributed by atoms with van der Waals surface area (Å²) in [6, 6.07) is 6.99. The molecule has 1 saturated heterocycles. The maximum absolute atomic E-state index is 12.2. The summed E-state index contributed by atoms with van der Waals surface area (Å²) in [7, 11) is 0. The number of aromatic nitrogens is 2. The van der Waals surface area contributed by atoms with E-state index >= 15 is 0 Å². The number of hydrogen-bond donors (Lipinski definition) is 1. The molecule has 0 atom stereocenters. The number of ether oxygens (including phenoxy) is 1. The first-order valence-electron chi connectivity index (χ1n) is 9.09. The molecule has 0 saturated carbocycles. The Labute approximate surface area is 158 Å². The van der Waals surface area contributed by atoms with E-state index in [0.29, 0.717) is 13.1 Å². The average molecular weight is 371 g/mol. The molecular weight excluding hydrogens is 346 g/mol. The maximum atomic E-state index is 12.2. The van der Waals surface area contributed by atoms with Gasteiger partial charge in [0.2, 0.25) is 0 Å². The first kappa shape index (κ1) is 18.9. The number of piperidine rings is 1. The van der Waals surface area contributed by atoms with Gasteiger partial charge in [-0.05, 0) is 51.3 Å². The number of carbonyl (C=O) groups is 2. The first-order chi connectivity index (χ1) is 12.7. The summed E-state index contributed by atoms with van der Waals surface area (Å²) in [6.45, 7) is 6.88. The molecule has 0 bridgehead atoms. The first-order valence-corrected chi connectivity index (χ1v) is 9.09. The molecule has 1 amide bonds. The molecule has 1 aromatic heterocycles. The van der Waals surface area contributed by atoms with Crippen LogP contribution in [0.15, 0.2) is 36.7 Å². The molecular formula is C20H25N3O4. The maximum Gasteiger partial charge on any atom is 0.410 e. The minimum Gasteiger partial charge on any atom is -0.478 e. The molecule has 0 spiro atoms. The Morgan fingerprint density at radius 1 is 1.11 bits per heavy atom. The van der Waals surface area contributed by atoms with E-state index in [2.05, 4.69) is 5.10 Å². The van der Waals surface area contributed by atoms with Crippen LogP contribution < -0.4 is 0 Å². The average Bonchev–Trinajstić information content (AvgIpc) is 3.10. The lowest BCUT2D eigenvalue weighted by molar-refractivity contribution is 0.0184. The second-order valence-corrected chi connectivity index (χ2v) is 7.79. The highest BCUT2D eigenvalue weighted by Crippen LogP contribution is 2.26. The summed E-state index contributed by atoms with van der Waals surface area (Å²) >= 11 is 0. The predicted octanol–water partition coefficient (Wildman–Crippen LogP) is 3.82. The van der Waals surface area contributed by atoms with Crippen molar-refractivity contribution in [3.8, 4) is 11.1 Å². The van der Waals surface area contributed by atoms with Gasteiger partial charge in [0.25, 0.3) is 0 Å². The van der Waals surface area contributed by atoms with Crippen molar-refractivity contribution in [2.45, 2.75) is 45.3 Å². The molecule has 7 nitrogen and oxygen atoms in total. The normalized spacial score (nSPS) is 15.6. The highest BCUT2D eigenvalue weighted by Gasteiger charge is 2.27. The molecule has 3 rings (SSSR count). The van der Waals surface area contributed by atoms with Gasteiger partial charge in [-0.15, -0.1) is 0 Å². The van der Waals surface area contributed by atoms with Crippen LogP contribution in [-0.2, 0) is 4.74 Å². The number of carbonyl (C=O) groups excluding carboxylic acids is 1. The van der Waals surface area contributed by atoms with Crippen LogP contribution in [0.3, 0.4) is 0 Å². The monoisotopic (exact) mass is 371 g/mol. The van der Waals surface area contributed by atoms with Crippen LogP contribution >= 0.6 is 0 Å². The largest absolute Gasteiger partial charge is 0.478 e. The summed E-state index contributed by atoms with van der Waals surface area (Å²) in [6.07, 6.45) is 5.14. The molecule has 144 valence electrons. The lowest BCUT2D eigenvalue weighted by Crippen LogP contribution is -2.42. The van der Waals surface area contributed by atoms with Crippen molar-refractivity contribution in [3.05, 3.63) is 42.2 Å². The Hall–Kier alpha value is -2.83. The quantitative estimate of drug-likeness (QED) is 0.886. The zero-order chi connectivity index (χ0) is 19.6. The van der Waals surface area contributed by atoms with Crippen molar-refractivity contribution in [3.63, 3.8) is 0 Å². The zero-order valence-electron chi connectivity index (χ0n) is 15.9. The third-order valence-electron chi connectivity index (χ3n) is 4.56. The van der Waals surface area contributed by atoms with E-state index in [1.165, 1.54) is 0 Å². The molecule has 0 unspecified atom stereocenters. The number of likely N-dealkylation sites (tertiary alicyclic amines) is 1. The van der Waals surface area contributed by atoms with Crippen LogP contribution in [-0.4, -0.2) is 50.5 Å². The van der Waals surface area contributed by atoms with Gasteiger partial charge in [0.05, 0.1) is 17.8 Å². The molecule has 27 heavy (non-hydrogen) atoms. The number of rotatable bonds is 3. The second-order valence-electron chi connectivity index (χ2n) is 7.79. The Bertz CT molecular complexity index is 812. The molecule has 1 N–H and O–H groups in total. The fourth-order valence-electron chi connectivity index (χ4n) is 3.13. The van der Waals surface area contributed by atoms with Gasteiger partial charge in [-0.1, -0.05) is 12.1 Å². The minimum absolute atomic E-state index is 0.232. The van der Waals surface area contributed by atoms with Crippen molar-refractivity contribution in [1.29, 1.82) is 0 Å². The molecule has 7 heteroatoms. The molecule has 1 aliphatic heterocycles. The summed E-state index contributed by atoms with van der Waals surface area (Å²) in [5.41, 5.74) is 1.65. The zero-order valence-corrected chi connectivity index (χ0v) is 15.9.